The van der Waals surface area contributed by atoms with Crippen molar-refractivity contribution in [3.05, 3.63) is 73.7 Å². The summed E-state index contributed by atoms with van der Waals surface area (Å²) in [6.45, 7) is 1.91. The van der Waals surface area contributed by atoms with Crippen LogP contribution in [0.2, 0.25) is 10.0 Å². The molecule has 4 aromatic rings. The van der Waals surface area contributed by atoms with Gasteiger partial charge in [0.25, 0.3) is 5.91 Å². The number of nitrogens with one attached hydrogen (secondary N) is 1. The van der Waals surface area contributed by atoms with Crippen LogP contribution in [0.15, 0.2) is 41.0 Å². The molecule has 0 aliphatic carbocycles. The number of alkyl halides is 3. The van der Waals surface area contributed by atoms with Crippen LogP contribution in [0.5, 0.6) is 0 Å². The number of hydrogen-bond acceptors (Lipinski definition) is 4. The molecule has 7 nitrogen and oxygen atoms in total. The lowest BCUT2D eigenvalue weighted by atomic mass is 10.2. The zero-order chi connectivity index (χ0) is 23.2. The van der Waals surface area contributed by atoms with Gasteiger partial charge in [-0.25, -0.2) is 9.50 Å². The van der Waals surface area contributed by atoms with E-state index in [1.807, 2.05) is 0 Å². The first-order valence-electron chi connectivity index (χ1n) is 8.94. The summed E-state index contributed by atoms with van der Waals surface area (Å²) in [5.41, 5.74) is 0.505. The van der Waals surface area contributed by atoms with E-state index in [4.69, 9.17) is 34.8 Å². The predicted octanol–water partition coefficient (Wildman–Crippen LogP) is 5.89. The largest absolute Gasteiger partial charge is 0.364 e. The first-order valence-corrected chi connectivity index (χ1v) is 10.9. The second-order valence-corrected chi connectivity index (χ2v) is 8.95. The molecule has 3 heterocycles. The summed E-state index contributed by atoms with van der Waals surface area (Å²) in [7, 11) is 0. The van der Waals surface area contributed by atoms with Gasteiger partial charge >= 0.3 is 5.38 Å². The minimum atomic E-state index is -3.68. The number of aryl methyl sites for hydroxylation is 1. The van der Waals surface area contributed by atoms with Gasteiger partial charge in [-0.05, 0) is 58.2 Å². The molecule has 0 fully saturated rings. The second kappa shape index (κ2) is 8.58. The van der Waals surface area contributed by atoms with Gasteiger partial charge in [-0.2, -0.15) is 19.0 Å². The fourth-order valence-corrected chi connectivity index (χ4v) is 3.84. The van der Waals surface area contributed by atoms with E-state index in [1.165, 1.54) is 13.0 Å². The average Bonchev–Trinajstić information content (AvgIpc) is 3.26. The smallest absolute Gasteiger partial charge is 0.303 e. The van der Waals surface area contributed by atoms with Crippen molar-refractivity contribution in [1.82, 2.24) is 24.4 Å². The van der Waals surface area contributed by atoms with Crippen molar-refractivity contribution >= 4 is 68.1 Å². The van der Waals surface area contributed by atoms with Crippen LogP contribution < -0.4 is 5.32 Å². The van der Waals surface area contributed by atoms with Gasteiger partial charge in [0.15, 0.2) is 17.2 Å². The first kappa shape index (κ1) is 22.9. The van der Waals surface area contributed by atoms with E-state index in [0.29, 0.717) is 26.8 Å². The molecule has 1 aromatic carbocycles. The Morgan fingerprint density at radius 3 is 2.62 bits per heavy atom. The molecule has 0 bridgehead atoms. The van der Waals surface area contributed by atoms with Gasteiger partial charge in [0.2, 0.25) is 0 Å². The molecule has 166 valence electrons. The van der Waals surface area contributed by atoms with E-state index >= 15 is 0 Å². The fourth-order valence-electron chi connectivity index (χ4n) is 2.97. The normalized spacial score (nSPS) is 11.8. The van der Waals surface area contributed by atoms with Crippen LogP contribution in [0.4, 0.5) is 14.6 Å². The Morgan fingerprint density at radius 2 is 1.94 bits per heavy atom. The predicted molar refractivity (Wildman–Crippen MR) is 121 cm³/mol. The second-order valence-electron chi connectivity index (χ2n) is 6.81. The molecular weight excluding hydrogens is 553 g/mol. The molecule has 0 saturated heterocycles. The van der Waals surface area contributed by atoms with Crippen molar-refractivity contribution in [3.63, 3.8) is 0 Å². The number of carbonyl (C=O) groups excluding carboxylic acids is 1. The summed E-state index contributed by atoms with van der Waals surface area (Å²) in [5.74, 6) is -0.434. The average molecular weight is 565 g/mol. The Kier molecular flexibility index (Phi) is 6.15. The standard InChI is InChI=1S/C19H12BrCl3F2N6O/c1-9-4-15(19(23,24)25)31-16(26-9)6-14(28-31)18(32)27-17-11(20)8-30(29-17)7-10-2-3-12(21)13(22)5-10/h2-6,8H,7H2,1H3,(H,27,29,32). The number of nitrogens with zero attached hydrogens (tertiary/aromatic N) is 5. The summed E-state index contributed by atoms with van der Waals surface area (Å²) < 4.78 is 30.4. The minimum Gasteiger partial charge on any atom is -0.303 e. The number of fused-ring (bicyclic) bond motifs is 1. The Morgan fingerprint density at radius 1 is 1.19 bits per heavy atom. The van der Waals surface area contributed by atoms with Gasteiger partial charge in [0.05, 0.1) is 21.1 Å². The Hall–Kier alpha value is -2.27. The molecule has 1 amide bonds. The Labute approximate surface area is 203 Å². The zero-order valence-electron chi connectivity index (χ0n) is 16.1. The maximum atomic E-state index is 13.7. The van der Waals surface area contributed by atoms with E-state index in [9.17, 15) is 13.6 Å². The van der Waals surface area contributed by atoms with E-state index in [1.54, 1.807) is 29.1 Å². The topological polar surface area (TPSA) is 77.1 Å². The molecule has 1 N–H and O–H groups in total. The lowest BCUT2D eigenvalue weighted by Crippen LogP contribution is -2.16. The van der Waals surface area contributed by atoms with Crippen LogP contribution >= 0.6 is 50.7 Å². The summed E-state index contributed by atoms with van der Waals surface area (Å²) >= 11 is 20.5. The number of amides is 1. The van der Waals surface area contributed by atoms with Gasteiger partial charge in [-0.15, -0.1) is 0 Å². The highest BCUT2D eigenvalue weighted by Gasteiger charge is 2.32. The van der Waals surface area contributed by atoms with Crippen molar-refractivity contribution in [1.29, 1.82) is 0 Å². The molecule has 13 heteroatoms. The fraction of sp³-hybridized carbons (Fsp3) is 0.158. The van der Waals surface area contributed by atoms with Crippen LogP contribution in [0.1, 0.15) is 27.4 Å². The zero-order valence-corrected chi connectivity index (χ0v) is 19.9. The Balaban J connectivity index is 1.58. The lowest BCUT2D eigenvalue weighted by Gasteiger charge is -2.10. The highest BCUT2D eigenvalue weighted by Crippen LogP contribution is 2.33. The van der Waals surface area contributed by atoms with Crippen molar-refractivity contribution < 1.29 is 13.6 Å². The Bertz CT molecular complexity index is 1350. The maximum absolute atomic E-state index is 13.7. The molecule has 0 aliphatic heterocycles. The summed E-state index contributed by atoms with van der Waals surface area (Å²) in [4.78, 5) is 16.8. The van der Waals surface area contributed by atoms with Crippen LogP contribution in [0, 0.1) is 6.92 Å². The monoisotopic (exact) mass is 562 g/mol. The van der Waals surface area contributed by atoms with Gasteiger partial charge in [0.1, 0.15) is 5.69 Å². The SMILES string of the molecule is Cc1cc(C(F)(F)Cl)n2nc(C(=O)Nc3nn(Cc4ccc(Cl)c(Cl)c4)cc3Br)cc2n1. The number of halogens is 6. The third-order valence-corrected chi connectivity index (χ3v) is 5.87. The molecule has 0 aliphatic rings. The number of anilines is 1. The number of aromatic nitrogens is 5. The lowest BCUT2D eigenvalue weighted by molar-refractivity contribution is 0.0868. The van der Waals surface area contributed by atoms with Crippen LogP contribution in [0.25, 0.3) is 5.65 Å². The number of carbonyl (C=O) groups is 1. The minimum absolute atomic E-state index is 0.0645. The number of rotatable bonds is 5. The first-order chi connectivity index (χ1) is 15.0. The van der Waals surface area contributed by atoms with Crippen LogP contribution in [-0.2, 0) is 11.9 Å². The third kappa shape index (κ3) is 4.73. The van der Waals surface area contributed by atoms with Gasteiger partial charge in [0, 0.05) is 18.0 Å². The molecule has 4 rings (SSSR count). The third-order valence-electron chi connectivity index (χ3n) is 4.36. The van der Waals surface area contributed by atoms with E-state index in [2.05, 4.69) is 36.4 Å². The highest BCUT2D eigenvalue weighted by molar-refractivity contribution is 9.10. The van der Waals surface area contributed by atoms with E-state index < -0.39 is 17.0 Å². The van der Waals surface area contributed by atoms with E-state index in [-0.39, 0.29) is 17.2 Å². The van der Waals surface area contributed by atoms with Gasteiger partial charge in [-0.1, -0.05) is 29.3 Å². The van der Waals surface area contributed by atoms with Gasteiger partial charge in [-0.3, -0.25) is 9.48 Å². The van der Waals surface area contributed by atoms with Crippen LogP contribution in [0.3, 0.4) is 0 Å². The van der Waals surface area contributed by atoms with Crippen molar-refractivity contribution in [2.45, 2.75) is 18.9 Å². The maximum Gasteiger partial charge on any atom is 0.364 e. The molecule has 0 spiro atoms. The molecule has 0 saturated carbocycles. The number of hydrogen-bond donors (Lipinski definition) is 1. The summed E-state index contributed by atoms with van der Waals surface area (Å²) in [6, 6.07) is 7.59. The molecule has 0 atom stereocenters. The number of benzene rings is 1. The van der Waals surface area contributed by atoms with Gasteiger partial charge < -0.3 is 5.32 Å². The summed E-state index contributed by atoms with van der Waals surface area (Å²) in [5, 5.41) is 8.03. The van der Waals surface area contributed by atoms with Crippen LogP contribution in [-0.4, -0.2) is 30.3 Å². The molecule has 0 radical (unpaired) electrons. The molecule has 32 heavy (non-hydrogen) atoms. The van der Waals surface area contributed by atoms with E-state index in [0.717, 1.165) is 16.1 Å². The molecule has 0 unspecified atom stereocenters. The van der Waals surface area contributed by atoms with Crippen molar-refractivity contribution in [3.8, 4) is 0 Å². The molecular formula is C19H12BrCl3F2N6O. The van der Waals surface area contributed by atoms with Crippen molar-refractivity contribution in [2.24, 2.45) is 0 Å². The highest BCUT2D eigenvalue weighted by atomic mass is 79.9. The van der Waals surface area contributed by atoms with Crippen molar-refractivity contribution in [2.75, 3.05) is 5.32 Å². The summed E-state index contributed by atoms with van der Waals surface area (Å²) in [6.07, 6.45) is 1.67. The quantitative estimate of drug-likeness (QED) is 0.307. The molecule has 3 aromatic heterocycles.